The van der Waals surface area contributed by atoms with Crippen LogP contribution in [0.15, 0.2) is 18.6 Å². The van der Waals surface area contributed by atoms with Crippen molar-refractivity contribution >= 4 is 35.2 Å². The van der Waals surface area contributed by atoms with Crippen LogP contribution in [0.4, 0.5) is 25.2 Å². The zero-order valence-corrected chi connectivity index (χ0v) is 21.8. The molecule has 206 valence electrons. The summed E-state index contributed by atoms with van der Waals surface area (Å²) in [5.41, 5.74) is 4.12. The Kier molecular flexibility index (Phi) is 6.70. The highest BCUT2D eigenvalue weighted by Crippen LogP contribution is 2.71. The van der Waals surface area contributed by atoms with Crippen molar-refractivity contribution in [3.63, 3.8) is 0 Å². The molecule has 4 heterocycles. The smallest absolute Gasteiger partial charge is 0.407 e. The number of piperidine rings is 2. The molecule has 2 saturated heterocycles. The van der Waals surface area contributed by atoms with Gasteiger partial charge in [-0.15, -0.1) is 0 Å². The van der Waals surface area contributed by atoms with E-state index in [9.17, 15) is 18.4 Å². The van der Waals surface area contributed by atoms with E-state index in [0.717, 1.165) is 0 Å². The molecule has 3 fully saturated rings. The number of hydrogen-bond acceptors (Lipinski definition) is 7. The Morgan fingerprint density at radius 3 is 2.45 bits per heavy atom. The number of carboxylic acid groups (broad SMARTS) is 1. The first-order chi connectivity index (χ1) is 17.9. The molecule has 11 nitrogen and oxygen atoms in total. The van der Waals surface area contributed by atoms with Crippen molar-refractivity contribution < 1.29 is 23.5 Å². The van der Waals surface area contributed by atoms with Crippen LogP contribution in [-0.4, -0.2) is 78.8 Å². The zero-order chi connectivity index (χ0) is 27.3. The van der Waals surface area contributed by atoms with Gasteiger partial charge in [-0.2, -0.15) is 5.10 Å². The number of nitrogens with two attached hydrogens (primary N) is 1. The Balaban J connectivity index is 1.19. The fourth-order valence-electron chi connectivity index (χ4n) is 5.98. The third-order valence-corrected chi connectivity index (χ3v) is 8.87. The molecule has 0 radical (unpaired) electrons. The summed E-state index contributed by atoms with van der Waals surface area (Å²) >= 11 is 6.37. The van der Waals surface area contributed by atoms with Gasteiger partial charge in [0.15, 0.2) is 0 Å². The average Bonchev–Trinajstić information content (AvgIpc) is 3.23. The number of anilines is 2. The van der Waals surface area contributed by atoms with E-state index >= 15 is 0 Å². The molecule has 1 atom stereocenters. The Labute approximate surface area is 223 Å². The highest BCUT2D eigenvalue weighted by Gasteiger charge is 2.81. The minimum absolute atomic E-state index is 0.108. The fourth-order valence-corrected chi connectivity index (χ4v) is 6.13. The molecule has 2 aromatic heterocycles. The number of nitrogens with zero attached hydrogens (tertiary/aromatic N) is 6. The molecule has 38 heavy (non-hydrogen) atoms. The lowest BCUT2D eigenvalue weighted by atomic mass is 9.67. The molecule has 14 heteroatoms. The molecule has 4 N–H and O–H groups in total. The van der Waals surface area contributed by atoms with Crippen LogP contribution in [0.25, 0.3) is 0 Å². The van der Waals surface area contributed by atoms with E-state index in [1.54, 1.807) is 13.1 Å². The predicted octanol–water partition coefficient (Wildman–Crippen LogP) is 3.50. The van der Waals surface area contributed by atoms with Crippen molar-refractivity contribution in [1.82, 2.24) is 29.5 Å². The van der Waals surface area contributed by atoms with Gasteiger partial charge in [0.05, 0.1) is 34.8 Å². The lowest BCUT2D eigenvalue weighted by molar-refractivity contribution is -0.137. The molecule has 2 aliphatic heterocycles. The van der Waals surface area contributed by atoms with Gasteiger partial charge in [-0.05, 0) is 44.2 Å². The normalized spacial score (nSPS) is 25.2. The molecule has 2 aromatic rings. The minimum atomic E-state index is -3.05. The number of primary amides is 1. The molecular weight excluding hydrogens is 522 g/mol. The van der Waals surface area contributed by atoms with Crippen LogP contribution >= 0.6 is 11.6 Å². The summed E-state index contributed by atoms with van der Waals surface area (Å²) in [6, 6.07) is 0.108. The number of likely N-dealkylation sites (tertiary alicyclic amines) is 2. The maximum absolute atomic E-state index is 14.2. The van der Waals surface area contributed by atoms with Crippen molar-refractivity contribution in [1.29, 1.82) is 0 Å². The van der Waals surface area contributed by atoms with Gasteiger partial charge in [-0.1, -0.05) is 18.5 Å². The summed E-state index contributed by atoms with van der Waals surface area (Å²) in [6.45, 7) is 4.11. The SMILES string of the molecule is CC1([C@]2(C(N)=O)CC2(F)F)CCN(Cc2nc(Nc3cnn(C4CCN(C(=O)O)CC4)c3)ncc2Cl)CC1. The number of halogens is 3. The second-order valence-corrected chi connectivity index (χ2v) is 11.2. The zero-order valence-electron chi connectivity index (χ0n) is 21.0. The van der Waals surface area contributed by atoms with Gasteiger partial charge < -0.3 is 21.1 Å². The summed E-state index contributed by atoms with van der Waals surface area (Å²) in [6.07, 6.45) is 5.84. The van der Waals surface area contributed by atoms with Gasteiger partial charge in [0.1, 0.15) is 5.41 Å². The summed E-state index contributed by atoms with van der Waals surface area (Å²) in [5, 5.41) is 17.1. The first kappa shape index (κ1) is 26.5. The molecule has 3 aliphatic rings. The summed E-state index contributed by atoms with van der Waals surface area (Å²) in [4.78, 5) is 35.4. The van der Waals surface area contributed by atoms with Crippen LogP contribution < -0.4 is 11.1 Å². The van der Waals surface area contributed by atoms with E-state index in [1.807, 2.05) is 10.9 Å². The lowest BCUT2D eigenvalue weighted by Gasteiger charge is -2.43. The Bertz CT molecular complexity index is 1230. The molecule has 1 aliphatic carbocycles. The molecule has 0 unspecified atom stereocenters. The standard InChI is InChI=1S/C24H31ClF2N8O3/c1-22(23(19(28)36)14-24(23,26)27)4-8-33(9-5-22)13-18-17(25)11-29-20(32-18)31-15-10-30-35(12-15)16-2-6-34(7-3-16)21(37)38/h10-12,16H,2-9,13-14H2,1H3,(H2,28,36)(H,37,38)(H,29,31,32)/t23-/m1/s1. The third kappa shape index (κ3) is 4.66. The minimum Gasteiger partial charge on any atom is -0.465 e. The molecule has 0 bridgehead atoms. The number of hydrogen-bond donors (Lipinski definition) is 3. The maximum atomic E-state index is 14.2. The number of nitrogens with one attached hydrogen (secondary N) is 1. The van der Waals surface area contributed by atoms with Crippen molar-refractivity contribution in [2.45, 2.75) is 57.5 Å². The highest BCUT2D eigenvalue weighted by molar-refractivity contribution is 6.31. The van der Waals surface area contributed by atoms with Crippen LogP contribution in [0.2, 0.25) is 5.02 Å². The first-order valence-electron chi connectivity index (χ1n) is 12.6. The highest BCUT2D eigenvalue weighted by atomic mass is 35.5. The second kappa shape index (κ2) is 9.60. The number of aromatic nitrogens is 4. The average molecular weight is 553 g/mol. The van der Waals surface area contributed by atoms with Crippen molar-refractivity contribution in [3.8, 4) is 0 Å². The van der Waals surface area contributed by atoms with Crippen molar-refractivity contribution in [3.05, 3.63) is 29.3 Å². The van der Waals surface area contributed by atoms with Crippen LogP contribution in [0.5, 0.6) is 0 Å². The molecular formula is C24H31ClF2N8O3. The van der Waals surface area contributed by atoms with Crippen molar-refractivity contribution in [2.24, 2.45) is 16.6 Å². The largest absolute Gasteiger partial charge is 0.465 e. The van der Waals surface area contributed by atoms with E-state index in [1.165, 1.54) is 11.1 Å². The van der Waals surface area contributed by atoms with Crippen LogP contribution in [0.3, 0.4) is 0 Å². The van der Waals surface area contributed by atoms with E-state index in [2.05, 4.69) is 25.3 Å². The van der Waals surface area contributed by atoms with Gasteiger partial charge in [-0.3, -0.25) is 14.4 Å². The Hall–Kier alpha value is -3.06. The number of amides is 2. The third-order valence-electron chi connectivity index (χ3n) is 8.55. The van der Waals surface area contributed by atoms with E-state index in [4.69, 9.17) is 22.4 Å². The lowest BCUT2D eigenvalue weighted by Crippen LogP contribution is -2.49. The fraction of sp³-hybridized carbons (Fsp3) is 0.625. The molecule has 1 saturated carbocycles. The second-order valence-electron chi connectivity index (χ2n) is 10.8. The van der Waals surface area contributed by atoms with Gasteiger partial charge in [0.25, 0.3) is 5.92 Å². The predicted molar refractivity (Wildman–Crippen MR) is 134 cm³/mol. The number of carbonyl (C=O) groups excluding carboxylic acids is 1. The van der Waals surface area contributed by atoms with Crippen LogP contribution in [0, 0.1) is 10.8 Å². The van der Waals surface area contributed by atoms with Crippen LogP contribution in [0.1, 0.15) is 50.8 Å². The number of alkyl halides is 2. The molecule has 0 aromatic carbocycles. The molecule has 2 amide bonds. The van der Waals surface area contributed by atoms with E-state index in [0.29, 0.717) is 80.8 Å². The quantitative estimate of drug-likeness (QED) is 0.474. The Morgan fingerprint density at radius 2 is 1.87 bits per heavy atom. The summed E-state index contributed by atoms with van der Waals surface area (Å²) in [5.74, 6) is -3.62. The summed E-state index contributed by atoms with van der Waals surface area (Å²) < 4.78 is 30.3. The number of rotatable bonds is 7. The van der Waals surface area contributed by atoms with Crippen molar-refractivity contribution in [2.75, 3.05) is 31.5 Å². The number of carbonyl (C=O) groups is 2. The van der Waals surface area contributed by atoms with Gasteiger partial charge in [0, 0.05) is 32.3 Å². The van der Waals surface area contributed by atoms with E-state index < -0.39 is 35.2 Å². The van der Waals surface area contributed by atoms with E-state index in [-0.39, 0.29) is 6.04 Å². The maximum Gasteiger partial charge on any atom is 0.407 e. The topological polar surface area (TPSA) is 142 Å². The Morgan fingerprint density at radius 1 is 1.21 bits per heavy atom. The molecule has 5 rings (SSSR count). The first-order valence-corrected chi connectivity index (χ1v) is 13.0. The molecule has 0 spiro atoms. The van der Waals surface area contributed by atoms with Gasteiger partial charge in [-0.25, -0.2) is 23.5 Å². The van der Waals surface area contributed by atoms with Gasteiger partial charge >= 0.3 is 6.09 Å². The van der Waals surface area contributed by atoms with Gasteiger partial charge in [0.2, 0.25) is 11.9 Å². The summed E-state index contributed by atoms with van der Waals surface area (Å²) in [7, 11) is 0. The van der Waals surface area contributed by atoms with Crippen LogP contribution in [-0.2, 0) is 11.3 Å². The monoisotopic (exact) mass is 552 g/mol.